The summed E-state index contributed by atoms with van der Waals surface area (Å²) in [5.41, 5.74) is 17.7. The molecule has 232 valence electrons. The van der Waals surface area contributed by atoms with Gasteiger partial charge in [0, 0.05) is 22.3 Å². The van der Waals surface area contributed by atoms with Gasteiger partial charge >= 0.3 is 0 Å². The lowest BCUT2D eigenvalue weighted by atomic mass is 9.89. The summed E-state index contributed by atoms with van der Waals surface area (Å²) in [5, 5.41) is 0. The fourth-order valence-electron chi connectivity index (χ4n) is 7.62. The van der Waals surface area contributed by atoms with Gasteiger partial charge in [0.2, 0.25) is 0 Å². The lowest BCUT2D eigenvalue weighted by molar-refractivity contribution is 0.794. The van der Waals surface area contributed by atoms with E-state index in [1.165, 1.54) is 5.56 Å². The number of rotatable bonds is 9. The lowest BCUT2D eigenvalue weighted by Gasteiger charge is -2.38. The van der Waals surface area contributed by atoms with Gasteiger partial charge in [-0.25, -0.2) is 0 Å². The van der Waals surface area contributed by atoms with Crippen LogP contribution >= 0.6 is 0 Å². The molecule has 0 unspecified atom stereocenters. The van der Waals surface area contributed by atoms with E-state index in [0.29, 0.717) is 33.2 Å². The Bertz CT molecular complexity index is 1420. The van der Waals surface area contributed by atoms with Crippen LogP contribution in [0.4, 0.5) is 0 Å². The fraction of sp³-hybridized carbons (Fsp3) is 0.524. The van der Waals surface area contributed by atoms with Gasteiger partial charge in [0.25, 0.3) is 0 Å². The van der Waals surface area contributed by atoms with Crippen molar-refractivity contribution in [1.29, 1.82) is 0 Å². The summed E-state index contributed by atoms with van der Waals surface area (Å²) in [6.07, 6.45) is 16.7. The van der Waals surface area contributed by atoms with Gasteiger partial charge in [0.05, 0.1) is 11.1 Å². The number of benzene rings is 1. The van der Waals surface area contributed by atoms with Crippen molar-refractivity contribution in [3.8, 4) is 59.5 Å². The first-order valence-electron chi connectivity index (χ1n) is 16.8. The smallest absolute Gasteiger partial charge is 0.125 e. The summed E-state index contributed by atoms with van der Waals surface area (Å²) in [7, 11) is -3.94. The molecular formula is C42H56Si2. The molecule has 1 aromatic rings. The Morgan fingerprint density at radius 1 is 0.614 bits per heavy atom. The summed E-state index contributed by atoms with van der Waals surface area (Å²) in [5.74, 6) is 19.9. The minimum Gasteiger partial charge on any atom is -0.125 e. The molecule has 0 nitrogen and oxygen atoms in total. The second-order valence-corrected chi connectivity index (χ2v) is 25.5. The van der Waals surface area contributed by atoms with Gasteiger partial charge in [-0.1, -0.05) is 132 Å². The van der Waals surface area contributed by atoms with E-state index in [-0.39, 0.29) is 0 Å². The second kappa shape index (κ2) is 15.8. The molecule has 0 fully saturated rings. The highest BCUT2D eigenvalue weighted by molar-refractivity contribution is 6.91. The van der Waals surface area contributed by atoms with Gasteiger partial charge in [-0.2, -0.15) is 0 Å². The number of hydrogen-bond acceptors (Lipinski definition) is 0. The van der Waals surface area contributed by atoms with Crippen molar-refractivity contribution in [2.45, 2.75) is 143 Å². The predicted molar refractivity (Wildman–Crippen MR) is 201 cm³/mol. The van der Waals surface area contributed by atoms with Crippen LogP contribution < -0.4 is 0 Å². The first-order valence-corrected chi connectivity index (χ1v) is 21.2. The molecule has 0 aliphatic heterocycles. The molecule has 0 heterocycles. The Balaban J connectivity index is 3.07. The Morgan fingerprint density at radius 3 is 1.39 bits per heavy atom. The Kier molecular flexibility index (Phi) is 13.3. The van der Waals surface area contributed by atoms with Gasteiger partial charge in [-0.05, 0) is 69.9 Å². The number of aryl methyl sites for hydroxylation is 1. The molecule has 0 saturated carbocycles. The van der Waals surface area contributed by atoms with E-state index < -0.39 is 16.1 Å². The van der Waals surface area contributed by atoms with Crippen LogP contribution in [0.1, 0.15) is 125 Å². The largest absolute Gasteiger partial charge is 0.146 e. The molecular weight excluding hydrogens is 561 g/mol. The molecule has 0 radical (unpaired) electrons. The molecule has 1 aliphatic carbocycles. The maximum Gasteiger partial charge on any atom is 0.146 e. The SMILES string of the molecule is C#CC1=CC(C#C)=C1C#Cc1c(C#C[Si](C(C)C)(C(C)C)C(C)C)cc(CCCC)cc1C#C[Si](C(C)C)(C(C)C)C(C)C. The van der Waals surface area contributed by atoms with Crippen molar-refractivity contribution in [3.05, 3.63) is 57.2 Å². The van der Waals surface area contributed by atoms with Crippen LogP contribution in [-0.2, 0) is 6.42 Å². The zero-order valence-electron chi connectivity index (χ0n) is 30.0. The van der Waals surface area contributed by atoms with E-state index in [2.05, 4.69) is 149 Å². The van der Waals surface area contributed by atoms with Crippen LogP contribution in [0, 0.1) is 59.5 Å². The van der Waals surface area contributed by atoms with E-state index in [4.69, 9.17) is 12.8 Å². The summed E-state index contributed by atoms with van der Waals surface area (Å²) < 4.78 is 0. The zero-order chi connectivity index (χ0) is 33.4. The van der Waals surface area contributed by atoms with E-state index >= 15 is 0 Å². The van der Waals surface area contributed by atoms with Crippen LogP contribution in [0.25, 0.3) is 0 Å². The highest BCUT2D eigenvalue weighted by Crippen LogP contribution is 2.42. The van der Waals surface area contributed by atoms with E-state index in [1.807, 2.05) is 6.08 Å². The summed E-state index contributed by atoms with van der Waals surface area (Å²) in [4.78, 5) is 0. The summed E-state index contributed by atoms with van der Waals surface area (Å²) in [6, 6.07) is 4.57. The number of terminal acetylenes is 2. The molecule has 1 aliphatic rings. The monoisotopic (exact) mass is 616 g/mol. The summed E-state index contributed by atoms with van der Waals surface area (Å²) in [6.45, 7) is 30.6. The molecule has 0 bridgehead atoms. The van der Waals surface area contributed by atoms with Crippen molar-refractivity contribution >= 4 is 16.1 Å². The van der Waals surface area contributed by atoms with Gasteiger partial charge in [-0.15, -0.1) is 23.9 Å². The number of unbranched alkanes of at least 4 members (excludes halogenated alkanes) is 1. The number of hydrogen-bond donors (Lipinski definition) is 0. The van der Waals surface area contributed by atoms with E-state index in [9.17, 15) is 0 Å². The Hall–Kier alpha value is -3.07. The predicted octanol–water partition coefficient (Wildman–Crippen LogP) is 11.0. The normalized spacial score (nSPS) is 13.2. The maximum absolute atomic E-state index is 5.77. The molecule has 2 heteroatoms. The minimum absolute atomic E-state index is 0.545. The molecule has 0 saturated heterocycles. The molecule has 0 spiro atoms. The minimum atomic E-state index is -1.97. The van der Waals surface area contributed by atoms with Crippen molar-refractivity contribution < 1.29 is 0 Å². The average molecular weight is 617 g/mol. The summed E-state index contributed by atoms with van der Waals surface area (Å²) >= 11 is 0. The Morgan fingerprint density at radius 2 is 1.05 bits per heavy atom. The molecule has 0 N–H and O–H groups in total. The third kappa shape index (κ3) is 7.59. The number of allylic oxidation sites excluding steroid dienone is 4. The fourth-order valence-corrected chi connectivity index (χ4v) is 18.1. The zero-order valence-corrected chi connectivity index (χ0v) is 32.0. The molecule has 0 amide bonds. The van der Waals surface area contributed by atoms with Crippen molar-refractivity contribution in [2.24, 2.45) is 0 Å². The van der Waals surface area contributed by atoms with Crippen LogP contribution in [-0.4, -0.2) is 16.1 Å². The third-order valence-corrected chi connectivity index (χ3v) is 22.6. The van der Waals surface area contributed by atoms with Crippen LogP contribution in [0.2, 0.25) is 33.2 Å². The topological polar surface area (TPSA) is 0 Å². The van der Waals surface area contributed by atoms with Gasteiger partial charge < -0.3 is 0 Å². The van der Waals surface area contributed by atoms with Crippen LogP contribution in [0.15, 0.2) is 34.9 Å². The highest BCUT2D eigenvalue weighted by Gasteiger charge is 2.42. The van der Waals surface area contributed by atoms with Crippen molar-refractivity contribution in [1.82, 2.24) is 0 Å². The molecule has 44 heavy (non-hydrogen) atoms. The highest BCUT2D eigenvalue weighted by atomic mass is 28.3. The van der Waals surface area contributed by atoms with Crippen LogP contribution in [0.3, 0.4) is 0 Å². The molecule has 1 aromatic carbocycles. The first kappa shape index (κ1) is 37.1. The van der Waals surface area contributed by atoms with Crippen molar-refractivity contribution in [2.75, 3.05) is 0 Å². The third-order valence-electron chi connectivity index (χ3n) is 10.0. The van der Waals surface area contributed by atoms with Crippen LogP contribution in [0.5, 0.6) is 0 Å². The second-order valence-electron chi connectivity index (χ2n) is 14.3. The van der Waals surface area contributed by atoms with Crippen molar-refractivity contribution in [3.63, 3.8) is 0 Å². The average Bonchev–Trinajstić information content (AvgIpc) is 2.92. The molecule has 2 rings (SSSR count). The maximum atomic E-state index is 5.77. The van der Waals surface area contributed by atoms with E-state index in [1.54, 1.807) is 0 Å². The standard InChI is InChI=1S/C42H56Si2/c1-16-19-20-36-27-39(23-25-43(30(4)5,31(6)7)32(8)9)42(22-21-41-37(17-2)29-38(41)18-3)40(28-36)24-26-44(33(10)11,34(12)13)35(14)15/h2-3,27-35H,16,19-20H2,1,4-15H3. The lowest BCUT2D eigenvalue weighted by Crippen LogP contribution is -2.43. The first-order chi connectivity index (χ1) is 20.6. The van der Waals surface area contributed by atoms with E-state index in [0.717, 1.165) is 52.7 Å². The van der Waals surface area contributed by atoms with Gasteiger partial charge in [0.15, 0.2) is 0 Å². The molecule has 0 aromatic heterocycles. The van der Waals surface area contributed by atoms with Gasteiger partial charge in [-0.3, -0.25) is 0 Å². The molecule has 0 atom stereocenters. The Labute approximate surface area is 274 Å². The van der Waals surface area contributed by atoms with Gasteiger partial charge in [0.1, 0.15) is 16.1 Å². The quantitative estimate of drug-likeness (QED) is 0.191.